The van der Waals surface area contributed by atoms with Crippen LogP contribution in [0.2, 0.25) is 0 Å². The van der Waals surface area contributed by atoms with E-state index in [-0.39, 0.29) is 0 Å². The number of imidazole rings is 1. The Kier molecular flexibility index (Phi) is 3.77. The number of hydrogen-bond acceptors (Lipinski definition) is 3. The van der Waals surface area contributed by atoms with Crippen LogP contribution < -0.4 is 5.73 Å². The van der Waals surface area contributed by atoms with E-state index < -0.39 is 0 Å². The van der Waals surface area contributed by atoms with Gasteiger partial charge >= 0.3 is 0 Å². The minimum Gasteiger partial charge on any atom is -0.333 e. The molecule has 0 aliphatic rings. The molecule has 2 aromatic heterocycles. The van der Waals surface area contributed by atoms with Crippen LogP contribution in [-0.2, 0) is 13.6 Å². The molecule has 4 heteroatoms. The average molecular weight is 292 g/mol. The lowest BCUT2D eigenvalue weighted by Crippen LogP contribution is -2.00. The van der Waals surface area contributed by atoms with Crippen LogP contribution in [0.15, 0.2) is 43.0 Å². The minimum atomic E-state index is 0.557. The standard InChI is InChI=1S/C18H20N4/c1-12-8-14(10-19)9-13(2)16(12)17-18(22(3)11-21-17)15-4-6-20-7-5-15/h4-9,11H,10,19H2,1-3H3. The highest BCUT2D eigenvalue weighted by atomic mass is 15.0. The number of aryl methyl sites for hydroxylation is 3. The molecule has 0 spiro atoms. The first-order chi connectivity index (χ1) is 10.6. The van der Waals surface area contributed by atoms with Crippen LogP contribution in [-0.4, -0.2) is 14.5 Å². The highest BCUT2D eigenvalue weighted by molar-refractivity contribution is 5.81. The Morgan fingerprint density at radius 3 is 2.32 bits per heavy atom. The fraction of sp³-hybridized carbons (Fsp3) is 0.222. The Balaban J connectivity index is 2.23. The Hall–Kier alpha value is -2.46. The van der Waals surface area contributed by atoms with E-state index in [2.05, 4.69) is 40.5 Å². The molecule has 112 valence electrons. The van der Waals surface area contributed by atoms with Gasteiger partial charge in [-0.3, -0.25) is 4.98 Å². The second-order valence-electron chi connectivity index (χ2n) is 5.60. The van der Waals surface area contributed by atoms with Crippen LogP contribution in [0.3, 0.4) is 0 Å². The maximum absolute atomic E-state index is 5.77. The van der Waals surface area contributed by atoms with Crippen molar-refractivity contribution in [2.45, 2.75) is 20.4 Å². The second kappa shape index (κ2) is 5.73. The lowest BCUT2D eigenvalue weighted by atomic mass is 9.94. The van der Waals surface area contributed by atoms with E-state index in [1.807, 2.05) is 37.9 Å². The SMILES string of the molecule is Cc1cc(CN)cc(C)c1-c1ncn(C)c1-c1ccncc1. The van der Waals surface area contributed by atoms with E-state index >= 15 is 0 Å². The van der Waals surface area contributed by atoms with Gasteiger partial charge in [-0.1, -0.05) is 12.1 Å². The zero-order valence-corrected chi connectivity index (χ0v) is 13.2. The molecule has 0 amide bonds. The summed E-state index contributed by atoms with van der Waals surface area (Å²) in [5.41, 5.74) is 13.7. The number of pyridine rings is 1. The summed E-state index contributed by atoms with van der Waals surface area (Å²) in [5, 5.41) is 0. The molecule has 1 aromatic carbocycles. The topological polar surface area (TPSA) is 56.7 Å². The molecule has 2 heterocycles. The van der Waals surface area contributed by atoms with Crippen LogP contribution >= 0.6 is 0 Å². The van der Waals surface area contributed by atoms with Gasteiger partial charge in [0.1, 0.15) is 0 Å². The molecule has 3 aromatic rings. The molecule has 0 saturated carbocycles. The van der Waals surface area contributed by atoms with Gasteiger partial charge in [0.2, 0.25) is 0 Å². The maximum Gasteiger partial charge on any atom is 0.0968 e. The predicted molar refractivity (Wildman–Crippen MR) is 89.2 cm³/mol. The number of aromatic nitrogens is 3. The molecule has 0 fully saturated rings. The van der Waals surface area contributed by atoms with Gasteiger partial charge in [0.05, 0.1) is 17.7 Å². The van der Waals surface area contributed by atoms with E-state index in [0.29, 0.717) is 6.54 Å². The van der Waals surface area contributed by atoms with E-state index in [4.69, 9.17) is 5.73 Å². The second-order valence-corrected chi connectivity index (χ2v) is 5.60. The summed E-state index contributed by atoms with van der Waals surface area (Å²) in [6.07, 6.45) is 5.48. The van der Waals surface area contributed by atoms with Gasteiger partial charge in [-0.05, 0) is 42.7 Å². The van der Waals surface area contributed by atoms with Crippen LogP contribution in [0.1, 0.15) is 16.7 Å². The zero-order valence-electron chi connectivity index (χ0n) is 13.2. The van der Waals surface area contributed by atoms with Gasteiger partial charge in [0.15, 0.2) is 0 Å². The van der Waals surface area contributed by atoms with Crippen LogP contribution in [0.4, 0.5) is 0 Å². The van der Waals surface area contributed by atoms with E-state index in [1.165, 1.54) is 16.7 Å². The number of nitrogens with zero attached hydrogens (tertiary/aromatic N) is 3. The Labute approximate surface area is 130 Å². The van der Waals surface area contributed by atoms with Crippen molar-refractivity contribution in [3.05, 3.63) is 59.7 Å². The van der Waals surface area contributed by atoms with Crippen molar-refractivity contribution in [2.75, 3.05) is 0 Å². The van der Waals surface area contributed by atoms with Crippen LogP contribution in [0, 0.1) is 13.8 Å². The largest absolute Gasteiger partial charge is 0.333 e. The highest BCUT2D eigenvalue weighted by Crippen LogP contribution is 2.34. The average Bonchev–Trinajstić information content (AvgIpc) is 2.89. The first-order valence-electron chi connectivity index (χ1n) is 7.34. The predicted octanol–water partition coefficient (Wildman–Crippen LogP) is 3.22. The summed E-state index contributed by atoms with van der Waals surface area (Å²) in [6.45, 7) is 4.79. The maximum atomic E-state index is 5.77. The molecule has 0 radical (unpaired) electrons. The number of rotatable bonds is 3. The number of hydrogen-bond donors (Lipinski definition) is 1. The fourth-order valence-electron chi connectivity index (χ4n) is 3.01. The summed E-state index contributed by atoms with van der Waals surface area (Å²) in [7, 11) is 2.02. The molecule has 0 atom stereocenters. The fourth-order valence-corrected chi connectivity index (χ4v) is 3.01. The quantitative estimate of drug-likeness (QED) is 0.806. The highest BCUT2D eigenvalue weighted by Gasteiger charge is 2.17. The first kappa shape index (κ1) is 14.5. The third-order valence-electron chi connectivity index (χ3n) is 3.96. The van der Waals surface area contributed by atoms with Crippen molar-refractivity contribution >= 4 is 0 Å². The minimum absolute atomic E-state index is 0.557. The molecule has 0 bridgehead atoms. The van der Waals surface area contributed by atoms with Gasteiger partial charge in [0.25, 0.3) is 0 Å². The summed E-state index contributed by atoms with van der Waals surface area (Å²) in [4.78, 5) is 8.75. The lowest BCUT2D eigenvalue weighted by Gasteiger charge is -2.13. The Morgan fingerprint density at radius 2 is 1.73 bits per heavy atom. The van der Waals surface area contributed by atoms with Crippen LogP contribution in [0.5, 0.6) is 0 Å². The molecule has 0 aliphatic heterocycles. The van der Waals surface area contributed by atoms with Gasteiger partial charge < -0.3 is 10.3 Å². The third-order valence-corrected chi connectivity index (χ3v) is 3.96. The van der Waals surface area contributed by atoms with E-state index in [0.717, 1.165) is 22.5 Å². The molecular formula is C18H20N4. The zero-order chi connectivity index (χ0) is 15.7. The summed E-state index contributed by atoms with van der Waals surface area (Å²) < 4.78 is 2.06. The smallest absolute Gasteiger partial charge is 0.0968 e. The van der Waals surface area contributed by atoms with Gasteiger partial charge in [-0.2, -0.15) is 0 Å². The van der Waals surface area contributed by atoms with Crippen molar-refractivity contribution in [1.82, 2.24) is 14.5 Å². The first-order valence-corrected chi connectivity index (χ1v) is 7.34. The molecule has 4 nitrogen and oxygen atoms in total. The molecule has 0 saturated heterocycles. The number of nitrogens with two attached hydrogens (primary N) is 1. The molecular weight excluding hydrogens is 272 g/mol. The van der Waals surface area contributed by atoms with Crippen LogP contribution in [0.25, 0.3) is 22.5 Å². The Bertz CT molecular complexity index is 780. The molecule has 0 unspecified atom stereocenters. The van der Waals surface area contributed by atoms with E-state index in [9.17, 15) is 0 Å². The van der Waals surface area contributed by atoms with Gasteiger partial charge in [-0.25, -0.2) is 4.98 Å². The van der Waals surface area contributed by atoms with Crippen molar-refractivity contribution in [1.29, 1.82) is 0 Å². The third kappa shape index (κ3) is 2.42. The summed E-state index contributed by atoms with van der Waals surface area (Å²) in [5.74, 6) is 0. The van der Waals surface area contributed by atoms with Crippen molar-refractivity contribution < 1.29 is 0 Å². The normalized spacial score (nSPS) is 10.9. The van der Waals surface area contributed by atoms with Gasteiger partial charge in [-0.15, -0.1) is 0 Å². The number of benzene rings is 1. The van der Waals surface area contributed by atoms with Crippen molar-refractivity contribution in [2.24, 2.45) is 12.8 Å². The molecule has 22 heavy (non-hydrogen) atoms. The summed E-state index contributed by atoms with van der Waals surface area (Å²) >= 11 is 0. The lowest BCUT2D eigenvalue weighted by molar-refractivity contribution is 0.921. The molecule has 0 aliphatic carbocycles. The summed E-state index contributed by atoms with van der Waals surface area (Å²) in [6, 6.07) is 8.32. The van der Waals surface area contributed by atoms with Crippen molar-refractivity contribution in [3.63, 3.8) is 0 Å². The molecule has 3 rings (SSSR count). The Morgan fingerprint density at radius 1 is 1.09 bits per heavy atom. The molecule has 2 N–H and O–H groups in total. The monoisotopic (exact) mass is 292 g/mol. The van der Waals surface area contributed by atoms with E-state index in [1.54, 1.807) is 0 Å². The van der Waals surface area contributed by atoms with Gasteiger partial charge in [0, 0.05) is 37.1 Å². The van der Waals surface area contributed by atoms with Crippen molar-refractivity contribution in [3.8, 4) is 22.5 Å².